The van der Waals surface area contributed by atoms with Crippen molar-refractivity contribution in [2.75, 3.05) is 6.54 Å². The van der Waals surface area contributed by atoms with Crippen molar-refractivity contribution in [3.05, 3.63) is 96.6 Å². The van der Waals surface area contributed by atoms with E-state index < -0.39 is 0 Å². The number of hydrogen-bond donors (Lipinski definition) is 3. The van der Waals surface area contributed by atoms with E-state index in [0.717, 1.165) is 74.5 Å². The van der Waals surface area contributed by atoms with E-state index in [9.17, 15) is 4.39 Å². The molecular weight excluding hydrogens is 485 g/mol. The van der Waals surface area contributed by atoms with E-state index >= 15 is 0 Å². The number of aromatic nitrogens is 4. The quantitative estimate of drug-likeness (QED) is 0.203. The number of hydrogen-bond acceptors (Lipinski definition) is 3. The lowest BCUT2D eigenvalue weighted by atomic mass is 10.0. The van der Waals surface area contributed by atoms with Gasteiger partial charge in [0.1, 0.15) is 11.5 Å². The molecule has 6 heteroatoms. The molecule has 3 aromatic carbocycles. The van der Waals surface area contributed by atoms with Gasteiger partial charge in [0.2, 0.25) is 0 Å². The molecule has 1 fully saturated rings. The third-order valence-corrected chi connectivity index (χ3v) is 8.00. The van der Waals surface area contributed by atoms with E-state index in [1.165, 1.54) is 43.4 Å². The fourth-order valence-electron chi connectivity index (χ4n) is 5.94. The van der Waals surface area contributed by atoms with Crippen LogP contribution in [0.5, 0.6) is 0 Å². The summed E-state index contributed by atoms with van der Waals surface area (Å²) in [6, 6.07) is 23.5. The van der Waals surface area contributed by atoms with Crippen LogP contribution in [0, 0.1) is 11.7 Å². The highest BCUT2D eigenvalue weighted by Crippen LogP contribution is 2.35. The number of H-pyrrole nitrogens is 2. The summed E-state index contributed by atoms with van der Waals surface area (Å²) in [6.07, 6.45) is 9.32. The summed E-state index contributed by atoms with van der Waals surface area (Å²) >= 11 is 0. The highest BCUT2D eigenvalue weighted by molar-refractivity contribution is 6.01. The van der Waals surface area contributed by atoms with Gasteiger partial charge in [-0.1, -0.05) is 43.2 Å². The van der Waals surface area contributed by atoms with Gasteiger partial charge in [0, 0.05) is 40.8 Å². The number of fused-ring (bicyclic) bond motifs is 2. The van der Waals surface area contributed by atoms with Gasteiger partial charge in [0.05, 0.1) is 11.2 Å². The molecule has 3 heterocycles. The Morgan fingerprint density at radius 3 is 2.54 bits per heavy atom. The third-order valence-electron chi connectivity index (χ3n) is 8.00. The van der Waals surface area contributed by atoms with E-state index in [2.05, 4.69) is 67.9 Å². The van der Waals surface area contributed by atoms with Crippen molar-refractivity contribution in [1.82, 2.24) is 25.5 Å². The van der Waals surface area contributed by atoms with Gasteiger partial charge in [-0.05, 0) is 90.0 Å². The van der Waals surface area contributed by atoms with Gasteiger partial charge in [-0.3, -0.25) is 10.1 Å². The highest BCUT2D eigenvalue weighted by Gasteiger charge is 2.16. The molecule has 0 saturated heterocycles. The Kier molecular flexibility index (Phi) is 6.17. The summed E-state index contributed by atoms with van der Waals surface area (Å²) in [7, 11) is 0. The maximum Gasteiger partial charge on any atom is 0.123 e. The molecule has 0 bridgehead atoms. The lowest BCUT2D eigenvalue weighted by Crippen LogP contribution is -2.20. The second kappa shape index (κ2) is 10.1. The molecule has 39 heavy (non-hydrogen) atoms. The van der Waals surface area contributed by atoms with Crippen molar-refractivity contribution in [3.8, 4) is 33.6 Å². The van der Waals surface area contributed by atoms with Crippen molar-refractivity contribution in [2.45, 2.75) is 32.2 Å². The van der Waals surface area contributed by atoms with Gasteiger partial charge >= 0.3 is 0 Å². The van der Waals surface area contributed by atoms with Crippen molar-refractivity contribution in [3.63, 3.8) is 0 Å². The normalized spacial score (nSPS) is 14.1. The maximum absolute atomic E-state index is 13.5. The average molecular weight is 516 g/mol. The van der Waals surface area contributed by atoms with E-state index in [0.29, 0.717) is 0 Å². The first kappa shape index (κ1) is 23.8. The largest absolute Gasteiger partial charge is 0.353 e. The lowest BCUT2D eigenvalue weighted by molar-refractivity contribution is 0.489. The van der Waals surface area contributed by atoms with E-state index in [-0.39, 0.29) is 5.82 Å². The number of rotatable bonds is 7. The average Bonchev–Trinajstić information content (AvgIpc) is 3.73. The number of nitrogens with zero attached hydrogens (tertiary/aromatic N) is 2. The van der Waals surface area contributed by atoms with Crippen molar-refractivity contribution in [1.29, 1.82) is 0 Å². The Bertz CT molecular complexity index is 1760. The molecule has 7 rings (SSSR count). The number of aromatic amines is 2. The second-order valence-electron chi connectivity index (χ2n) is 10.7. The van der Waals surface area contributed by atoms with Gasteiger partial charge in [-0.2, -0.15) is 5.10 Å². The zero-order chi connectivity index (χ0) is 26.2. The predicted molar refractivity (Wildman–Crippen MR) is 156 cm³/mol. The fourth-order valence-corrected chi connectivity index (χ4v) is 5.94. The Hall–Kier alpha value is -4.29. The fraction of sp³-hybridized carbons (Fsp3) is 0.212. The van der Waals surface area contributed by atoms with Crippen LogP contribution in [0.25, 0.3) is 55.4 Å². The highest BCUT2D eigenvalue weighted by atomic mass is 19.1. The van der Waals surface area contributed by atoms with Crippen LogP contribution in [-0.2, 0) is 6.54 Å². The molecule has 0 spiro atoms. The van der Waals surface area contributed by atoms with Crippen LogP contribution in [0.3, 0.4) is 0 Å². The van der Waals surface area contributed by atoms with Crippen LogP contribution < -0.4 is 5.32 Å². The SMILES string of the molecule is Fc1ccc(-c2cccc3[nH]c(-c4n[nH]c5ccc(-c6cncc(CNCC7CCCC7)c6)cc45)cc23)cc1. The molecule has 0 amide bonds. The van der Waals surface area contributed by atoms with E-state index in [1.54, 1.807) is 0 Å². The van der Waals surface area contributed by atoms with Crippen LogP contribution in [0.1, 0.15) is 31.2 Å². The van der Waals surface area contributed by atoms with E-state index in [1.807, 2.05) is 30.6 Å². The summed E-state index contributed by atoms with van der Waals surface area (Å²) in [4.78, 5) is 8.09. The minimum absolute atomic E-state index is 0.236. The topological polar surface area (TPSA) is 69.4 Å². The molecule has 3 N–H and O–H groups in total. The predicted octanol–water partition coefficient (Wildman–Crippen LogP) is 7.86. The molecule has 1 saturated carbocycles. The van der Waals surface area contributed by atoms with Crippen LogP contribution in [-0.4, -0.2) is 26.7 Å². The zero-order valence-electron chi connectivity index (χ0n) is 21.7. The standard InChI is InChI=1S/C33H30FN5/c34-26-11-8-23(9-12-26)27-6-3-7-30-28(27)16-32(37-30)33-29-15-24(10-13-31(29)38-39-33)25-14-22(19-36-20-25)18-35-17-21-4-1-2-5-21/h3,6-16,19-21,35,37H,1-2,4-5,17-18H2,(H,38,39). The molecule has 0 aliphatic heterocycles. The molecule has 194 valence electrons. The summed E-state index contributed by atoms with van der Waals surface area (Å²) in [5.74, 6) is 0.583. The summed E-state index contributed by atoms with van der Waals surface area (Å²) in [5.41, 5.74) is 9.24. The molecule has 1 aliphatic rings. The summed E-state index contributed by atoms with van der Waals surface area (Å²) in [5, 5.41) is 13.6. The molecule has 5 nitrogen and oxygen atoms in total. The Morgan fingerprint density at radius 1 is 0.821 bits per heavy atom. The lowest BCUT2D eigenvalue weighted by Gasteiger charge is -2.11. The molecule has 0 radical (unpaired) electrons. The monoisotopic (exact) mass is 515 g/mol. The number of benzene rings is 3. The van der Waals surface area contributed by atoms with Crippen LogP contribution >= 0.6 is 0 Å². The first-order chi connectivity index (χ1) is 19.2. The molecule has 6 aromatic rings. The van der Waals surface area contributed by atoms with Crippen molar-refractivity contribution >= 4 is 21.8 Å². The van der Waals surface area contributed by atoms with Gasteiger partial charge in [0.15, 0.2) is 0 Å². The van der Waals surface area contributed by atoms with Crippen LogP contribution in [0.4, 0.5) is 4.39 Å². The zero-order valence-corrected chi connectivity index (χ0v) is 21.7. The van der Waals surface area contributed by atoms with Crippen LogP contribution in [0.2, 0.25) is 0 Å². The van der Waals surface area contributed by atoms with Gasteiger partial charge < -0.3 is 10.3 Å². The van der Waals surface area contributed by atoms with E-state index in [4.69, 9.17) is 0 Å². The number of halogens is 1. The summed E-state index contributed by atoms with van der Waals surface area (Å²) in [6.45, 7) is 1.92. The van der Waals surface area contributed by atoms with Gasteiger partial charge in [-0.25, -0.2) is 4.39 Å². The first-order valence-corrected chi connectivity index (χ1v) is 13.7. The first-order valence-electron chi connectivity index (χ1n) is 13.7. The molecule has 1 aliphatic carbocycles. The smallest absolute Gasteiger partial charge is 0.123 e. The van der Waals surface area contributed by atoms with Gasteiger partial charge in [-0.15, -0.1) is 0 Å². The molecule has 3 aromatic heterocycles. The number of nitrogens with one attached hydrogen (secondary N) is 3. The number of pyridine rings is 1. The third kappa shape index (κ3) is 4.72. The minimum Gasteiger partial charge on any atom is -0.353 e. The van der Waals surface area contributed by atoms with Gasteiger partial charge in [0.25, 0.3) is 0 Å². The van der Waals surface area contributed by atoms with Crippen molar-refractivity contribution in [2.24, 2.45) is 5.92 Å². The Balaban J connectivity index is 1.20. The second-order valence-corrected chi connectivity index (χ2v) is 10.7. The van der Waals surface area contributed by atoms with Crippen molar-refractivity contribution < 1.29 is 4.39 Å². The maximum atomic E-state index is 13.5. The molecular formula is C33H30FN5. The molecule has 0 atom stereocenters. The molecule has 0 unspecified atom stereocenters. The Labute approximate surface area is 226 Å². The minimum atomic E-state index is -0.236. The van der Waals surface area contributed by atoms with Crippen LogP contribution in [0.15, 0.2) is 85.2 Å². The Morgan fingerprint density at radius 2 is 1.67 bits per heavy atom. The summed E-state index contributed by atoms with van der Waals surface area (Å²) < 4.78 is 13.5.